The molecule has 3 atom stereocenters. The molecular formula is C23H29NO9. The van der Waals surface area contributed by atoms with Crippen molar-refractivity contribution in [3.05, 3.63) is 42.0 Å². The summed E-state index contributed by atoms with van der Waals surface area (Å²) in [6.45, 7) is -0.271. The predicted molar refractivity (Wildman–Crippen MR) is 119 cm³/mol. The highest BCUT2D eigenvalue weighted by Crippen LogP contribution is 2.41. The van der Waals surface area contributed by atoms with E-state index in [1.54, 1.807) is 24.3 Å². The molecule has 0 aromatic heterocycles. The zero-order chi connectivity index (χ0) is 24.5. The first kappa shape index (κ1) is 25.9. The van der Waals surface area contributed by atoms with E-state index in [1.807, 2.05) is 12.1 Å². The second kappa shape index (κ2) is 12.0. The Bertz CT molecular complexity index is 920. The van der Waals surface area contributed by atoms with Crippen molar-refractivity contribution in [1.29, 1.82) is 0 Å². The van der Waals surface area contributed by atoms with Gasteiger partial charge in [-0.25, -0.2) is 4.79 Å². The maximum Gasteiger partial charge on any atom is 0.335 e. The van der Waals surface area contributed by atoms with Crippen LogP contribution in [0.2, 0.25) is 0 Å². The average Bonchev–Trinajstić information content (AvgIpc) is 2.82. The molecule has 33 heavy (non-hydrogen) atoms. The highest BCUT2D eigenvalue weighted by molar-refractivity contribution is 5.78. The molecule has 0 bridgehead atoms. The first-order valence-electron chi connectivity index (χ1n) is 10.0. The number of carboxylic acid groups (broad SMARTS) is 1. The van der Waals surface area contributed by atoms with Crippen molar-refractivity contribution < 1.29 is 43.9 Å². The van der Waals surface area contributed by atoms with Gasteiger partial charge in [0.15, 0.2) is 17.6 Å². The fourth-order valence-corrected chi connectivity index (χ4v) is 3.34. The van der Waals surface area contributed by atoms with Crippen molar-refractivity contribution in [2.45, 2.75) is 24.7 Å². The Morgan fingerprint density at radius 1 is 0.909 bits per heavy atom. The molecule has 2 aromatic carbocycles. The fraction of sp³-hybridized carbons (Fsp3) is 0.391. The molecule has 10 nitrogen and oxygen atoms in total. The van der Waals surface area contributed by atoms with Crippen molar-refractivity contribution in [2.24, 2.45) is 0 Å². The minimum Gasteiger partial charge on any atom is -0.493 e. The number of carbonyl (C=O) groups is 2. The molecule has 10 heteroatoms. The van der Waals surface area contributed by atoms with Gasteiger partial charge in [0.05, 0.1) is 27.4 Å². The lowest BCUT2D eigenvalue weighted by atomic mass is 9.95. The number of nitrogens with one attached hydrogen (secondary N) is 1. The second-order valence-electron chi connectivity index (χ2n) is 7.20. The maximum absolute atomic E-state index is 11.9. The van der Waals surface area contributed by atoms with E-state index in [-0.39, 0.29) is 13.0 Å². The third-order valence-electron chi connectivity index (χ3n) is 5.02. The Morgan fingerprint density at radius 3 is 1.94 bits per heavy atom. The Hall–Kier alpha value is -3.34. The number of hydrogen-bond acceptors (Lipinski definition) is 8. The van der Waals surface area contributed by atoms with Crippen LogP contribution in [0.1, 0.15) is 5.56 Å². The predicted octanol–water partition coefficient (Wildman–Crippen LogP) is 0.859. The zero-order valence-electron chi connectivity index (χ0n) is 18.9. The fourth-order valence-electron chi connectivity index (χ4n) is 3.34. The van der Waals surface area contributed by atoms with Crippen molar-refractivity contribution in [1.82, 2.24) is 5.32 Å². The maximum atomic E-state index is 11.9. The van der Waals surface area contributed by atoms with Crippen molar-refractivity contribution in [2.75, 3.05) is 35.0 Å². The topological polar surface area (TPSA) is 144 Å². The Morgan fingerprint density at radius 2 is 1.48 bits per heavy atom. The van der Waals surface area contributed by atoms with Gasteiger partial charge in [-0.05, 0) is 35.2 Å². The zero-order valence-corrected chi connectivity index (χ0v) is 18.9. The van der Waals surface area contributed by atoms with E-state index >= 15 is 0 Å². The number of aliphatic hydroxyl groups excluding tert-OH is 2. The van der Waals surface area contributed by atoms with E-state index in [9.17, 15) is 19.8 Å². The molecule has 2 rings (SSSR count). The summed E-state index contributed by atoms with van der Waals surface area (Å²) in [6.07, 6.45) is -3.70. The van der Waals surface area contributed by atoms with Crippen LogP contribution in [0.25, 0.3) is 11.1 Å². The molecule has 0 spiro atoms. The highest BCUT2D eigenvalue weighted by atomic mass is 16.5. The van der Waals surface area contributed by atoms with Crippen LogP contribution in [0.4, 0.5) is 0 Å². The van der Waals surface area contributed by atoms with Crippen LogP contribution in [0.15, 0.2) is 36.4 Å². The summed E-state index contributed by atoms with van der Waals surface area (Å²) in [6, 6.07) is 9.75. The first-order valence-corrected chi connectivity index (χ1v) is 10.0. The summed E-state index contributed by atoms with van der Waals surface area (Å²) in [5.41, 5.74) is 2.34. The number of aliphatic hydroxyl groups is 2. The number of aliphatic carboxylic acids is 1. The summed E-state index contributed by atoms with van der Waals surface area (Å²) >= 11 is 0. The van der Waals surface area contributed by atoms with Crippen LogP contribution in [0.3, 0.4) is 0 Å². The number of amides is 1. The van der Waals surface area contributed by atoms with Crippen molar-refractivity contribution in [3.8, 4) is 28.4 Å². The minimum absolute atomic E-state index is 0.0799. The van der Waals surface area contributed by atoms with Gasteiger partial charge in [-0.2, -0.15) is 0 Å². The van der Waals surface area contributed by atoms with Gasteiger partial charge in [-0.15, -0.1) is 0 Å². The van der Waals surface area contributed by atoms with Gasteiger partial charge in [0.2, 0.25) is 11.7 Å². The normalized spacial score (nSPS) is 13.5. The lowest BCUT2D eigenvalue weighted by Crippen LogP contribution is -2.52. The number of methoxy groups -OCH3 is 4. The van der Waals surface area contributed by atoms with Gasteiger partial charge in [0.1, 0.15) is 12.7 Å². The Kier molecular flexibility index (Phi) is 9.46. The highest BCUT2D eigenvalue weighted by Gasteiger charge is 2.32. The largest absolute Gasteiger partial charge is 0.493 e. The van der Waals surface area contributed by atoms with E-state index in [0.29, 0.717) is 22.8 Å². The van der Waals surface area contributed by atoms with Crippen LogP contribution in [-0.2, 0) is 20.7 Å². The molecule has 0 radical (unpaired) electrons. The first-order chi connectivity index (χ1) is 15.7. The van der Waals surface area contributed by atoms with Gasteiger partial charge in [0.25, 0.3) is 0 Å². The number of ether oxygens (including phenoxy) is 4. The molecule has 0 saturated heterocycles. The molecule has 4 N–H and O–H groups in total. The van der Waals surface area contributed by atoms with Gasteiger partial charge in [-0.1, -0.05) is 24.3 Å². The number of carboxylic acids is 1. The summed E-state index contributed by atoms with van der Waals surface area (Å²) in [5, 5.41) is 31.6. The lowest BCUT2D eigenvalue weighted by molar-refractivity contribution is -0.154. The second-order valence-corrected chi connectivity index (χ2v) is 7.20. The average molecular weight is 463 g/mol. The minimum atomic E-state index is -2.06. The molecule has 0 aliphatic rings. The van der Waals surface area contributed by atoms with Crippen LogP contribution in [0, 0.1) is 0 Å². The Balaban J connectivity index is 2.29. The third-order valence-corrected chi connectivity index (χ3v) is 5.02. The van der Waals surface area contributed by atoms with E-state index in [2.05, 4.69) is 5.32 Å². The van der Waals surface area contributed by atoms with E-state index in [4.69, 9.17) is 24.1 Å². The van der Waals surface area contributed by atoms with Crippen LogP contribution >= 0.6 is 0 Å². The molecule has 0 unspecified atom stereocenters. The number of hydrogen-bond donors (Lipinski definition) is 4. The summed E-state index contributed by atoms with van der Waals surface area (Å²) in [7, 11) is 5.91. The van der Waals surface area contributed by atoms with Gasteiger partial charge < -0.3 is 39.6 Å². The quantitative estimate of drug-likeness (QED) is 0.360. The van der Waals surface area contributed by atoms with Crippen LogP contribution in [-0.4, -0.2) is 80.5 Å². The van der Waals surface area contributed by atoms with Gasteiger partial charge in [-0.3, -0.25) is 4.79 Å². The van der Waals surface area contributed by atoms with Crippen molar-refractivity contribution in [3.63, 3.8) is 0 Å². The molecule has 180 valence electrons. The SMILES string of the molecule is COCC(=O)N[C@@H](Cc1ccc(-c2cc(OC)c(OC)c(OC)c2)cc1)[C@H](O)[C@@H](O)C(=O)O. The summed E-state index contributed by atoms with van der Waals surface area (Å²) < 4.78 is 20.9. The molecule has 0 aliphatic carbocycles. The van der Waals surface area contributed by atoms with Gasteiger partial charge >= 0.3 is 5.97 Å². The molecule has 2 aromatic rings. The summed E-state index contributed by atoms with van der Waals surface area (Å²) in [4.78, 5) is 23.0. The molecule has 1 amide bonds. The molecule has 0 fully saturated rings. The number of benzene rings is 2. The summed E-state index contributed by atoms with van der Waals surface area (Å²) in [5.74, 6) is -0.661. The van der Waals surface area contributed by atoms with E-state index in [1.165, 1.54) is 28.4 Å². The van der Waals surface area contributed by atoms with Gasteiger partial charge in [0, 0.05) is 7.11 Å². The molecule has 0 saturated carbocycles. The Labute approximate surface area is 191 Å². The van der Waals surface area contributed by atoms with Crippen molar-refractivity contribution >= 4 is 11.9 Å². The standard InChI is InChI=1S/C23H29NO9/c1-30-12-19(25)24-16(20(26)21(27)23(28)29)9-13-5-7-14(8-6-13)15-10-17(31-2)22(33-4)18(11-15)32-3/h5-8,10-11,16,20-21,26-27H,9,12H2,1-4H3,(H,24,25)(H,28,29)/t16-,20-,21+/m0/s1. The van der Waals surface area contributed by atoms with Crippen LogP contribution in [0.5, 0.6) is 17.2 Å². The smallest absolute Gasteiger partial charge is 0.335 e. The molecule has 0 heterocycles. The third kappa shape index (κ3) is 6.58. The molecular weight excluding hydrogens is 434 g/mol. The van der Waals surface area contributed by atoms with E-state index in [0.717, 1.165) is 11.1 Å². The number of rotatable bonds is 12. The van der Waals surface area contributed by atoms with E-state index < -0.39 is 30.1 Å². The van der Waals surface area contributed by atoms with Crippen LogP contribution < -0.4 is 19.5 Å². The monoisotopic (exact) mass is 463 g/mol. The number of carbonyl (C=O) groups excluding carboxylic acids is 1. The lowest BCUT2D eigenvalue weighted by Gasteiger charge is -2.26. The molecule has 0 aliphatic heterocycles.